The number of hydrogen-bond acceptors (Lipinski definition) is 6. The van der Waals surface area contributed by atoms with Gasteiger partial charge < -0.3 is 10.5 Å². The van der Waals surface area contributed by atoms with Crippen LogP contribution in [0.4, 0.5) is 0 Å². The third-order valence-corrected chi connectivity index (χ3v) is 6.59. The highest BCUT2D eigenvalue weighted by Gasteiger charge is 2.48. The first kappa shape index (κ1) is 12.5. The summed E-state index contributed by atoms with van der Waals surface area (Å²) >= 11 is 1.68. The van der Waals surface area contributed by atoms with Crippen molar-refractivity contribution in [1.82, 2.24) is 19.8 Å². The standard InChI is InChI=1S/C14H19N5OS/c15-11-8-2-1-7(5-8)10(11)13-18-19-12(9-3-4-20-6-9)16-17-14(19)21-13/h7-11H,1-6,15H2. The van der Waals surface area contributed by atoms with E-state index in [9.17, 15) is 0 Å². The number of nitrogens with zero attached hydrogens (tertiary/aromatic N) is 4. The zero-order valence-electron chi connectivity index (χ0n) is 11.8. The van der Waals surface area contributed by atoms with E-state index in [-0.39, 0.29) is 6.04 Å². The second kappa shape index (κ2) is 4.47. The van der Waals surface area contributed by atoms with E-state index in [4.69, 9.17) is 15.6 Å². The minimum absolute atomic E-state index is 0.283. The molecule has 0 radical (unpaired) electrons. The Morgan fingerprint density at radius 2 is 2.10 bits per heavy atom. The van der Waals surface area contributed by atoms with Crippen LogP contribution in [0.25, 0.3) is 4.96 Å². The van der Waals surface area contributed by atoms with Crippen molar-refractivity contribution in [3.63, 3.8) is 0 Å². The first-order valence-electron chi connectivity index (χ1n) is 7.86. The quantitative estimate of drug-likeness (QED) is 0.910. The number of aromatic nitrogens is 4. The first-order valence-corrected chi connectivity index (χ1v) is 8.68. The molecule has 5 unspecified atom stereocenters. The average Bonchev–Trinajstić information content (AvgIpc) is 3.25. The SMILES string of the molecule is NC1C2CCC(C2)C1c1nn2c(C3CCOC3)nnc2s1. The van der Waals surface area contributed by atoms with Gasteiger partial charge in [-0.15, -0.1) is 10.2 Å². The van der Waals surface area contributed by atoms with Gasteiger partial charge >= 0.3 is 0 Å². The summed E-state index contributed by atoms with van der Waals surface area (Å²) in [5.41, 5.74) is 6.45. The molecule has 0 spiro atoms. The Hall–Kier alpha value is -1.05. The molecule has 7 heteroatoms. The van der Waals surface area contributed by atoms with E-state index in [0.29, 0.717) is 17.8 Å². The van der Waals surface area contributed by atoms with Gasteiger partial charge in [0.2, 0.25) is 4.96 Å². The molecule has 1 saturated heterocycles. The summed E-state index contributed by atoms with van der Waals surface area (Å²) in [5.74, 6) is 3.16. The van der Waals surface area contributed by atoms with Gasteiger partial charge in [-0.05, 0) is 37.5 Å². The van der Waals surface area contributed by atoms with Gasteiger partial charge in [0, 0.05) is 24.5 Å². The van der Waals surface area contributed by atoms with Crippen molar-refractivity contribution in [3.05, 3.63) is 10.8 Å². The Morgan fingerprint density at radius 1 is 1.19 bits per heavy atom. The van der Waals surface area contributed by atoms with Crippen LogP contribution in [0.3, 0.4) is 0 Å². The Balaban J connectivity index is 1.53. The number of rotatable bonds is 2. The fourth-order valence-corrected chi connectivity index (χ4v) is 5.57. The van der Waals surface area contributed by atoms with Crippen molar-refractivity contribution >= 4 is 16.3 Å². The molecule has 6 nitrogen and oxygen atoms in total. The van der Waals surface area contributed by atoms with Crippen LogP contribution in [0, 0.1) is 11.8 Å². The molecule has 21 heavy (non-hydrogen) atoms. The second-order valence-corrected chi connectivity index (χ2v) is 7.68. The zero-order chi connectivity index (χ0) is 14.0. The van der Waals surface area contributed by atoms with Gasteiger partial charge in [-0.2, -0.15) is 9.61 Å². The topological polar surface area (TPSA) is 78.3 Å². The number of hydrogen-bond donors (Lipinski definition) is 1. The summed E-state index contributed by atoms with van der Waals surface area (Å²) in [5, 5.41) is 14.6. The van der Waals surface area contributed by atoms with Gasteiger partial charge in [-0.25, -0.2) is 0 Å². The molecule has 3 aliphatic rings. The lowest BCUT2D eigenvalue weighted by atomic mass is 9.85. The monoisotopic (exact) mass is 305 g/mol. The molecule has 0 amide bonds. The minimum atomic E-state index is 0.283. The van der Waals surface area contributed by atoms with Crippen LogP contribution in [0.2, 0.25) is 0 Å². The molecule has 1 aliphatic heterocycles. The molecular formula is C14H19N5OS. The van der Waals surface area contributed by atoms with Crippen LogP contribution in [-0.2, 0) is 4.74 Å². The first-order chi connectivity index (χ1) is 10.3. The van der Waals surface area contributed by atoms with E-state index in [1.165, 1.54) is 24.3 Å². The largest absolute Gasteiger partial charge is 0.381 e. The maximum atomic E-state index is 6.45. The van der Waals surface area contributed by atoms with Crippen molar-refractivity contribution in [2.75, 3.05) is 13.2 Å². The highest BCUT2D eigenvalue weighted by atomic mass is 32.1. The fourth-order valence-electron chi connectivity index (χ4n) is 4.48. The maximum Gasteiger partial charge on any atom is 0.234 e. The van der Waals surface area contributed by atoms with Crippen LogP contribution in [-0.4, -0.2) is 39.1 Å². The Morgan fingerprint density at radius 3 is 2.86 bits per heavy atom. The highest BCUT2D eigenvalue weighted by molar-refractivity contribution is 7.16. The maximum absolute atomic E-state index is 6.45. The molecular weight excluding hydrogens is 286 g/mol. The van der Waals surface area contributed by atoms with Gasteiger partial charge in [-0.1, -0.05) is 11.3 Å². The van der Waals surface area contributed by atoms with Crippen molar-refractivity contribution < 1.29 is 4.74 Å². The van der Waals surface area contributed by atoms with Crippen LogP contribution in [0.1, 0.15) is 48.4 Å². The number of ether oxygens (including phenoxy) is 1. The molecule has 3 fully saturated rings. The lowest BCUT2D eigenvalue weighted by molar-refractivity contribution is 0.193. The van der Waals surface area contributed by atoms with Gasteiger partial charge in [0.05, 0.1) is 6.61 Å². The van der Waals surface area contributed by atoms with Crippen LogP contribution in [0.15, 0.2) is 0 Å². The summed E-state index contributed by atoms with van der Waals surface area (Å²) in [6.07, 6.45) is 4.92. The van der Waals surface area contributed by atoms with Crippen molar-refractivity contribution in [3.8, 4) is 0 Å². The minimum Gasteiger partial charge on any atom is -0.381 e. The van der Waals surface area contributed by atoms with Gasteiger partial charge in [-0.3, -0.25) is 0 Å². The molecule has 112 valence electrons. The van der Waals surface area contributed by atoms with Crippen molar-refractivity contribution in [2.24, 2.45) is 17.6 Å². The highest BCUT2D eigenvalue weighted by Crippen LogP contribution is 2.52. The predicted octanol–water partition coefficient (Wildman–Crippen LogP) is 1.53. The summed E-state index contributed by atoms with van der Waals surface area (Å²) in [6, 6.07) is 0.283. The fraction of sp³-hybridized carbons (Fsp3) is 0.786. The smallest absolute Gasteiger partial charge is 0.234 e. The molecule has 2 aromatic heterocycles. The summed E-state index contributed by atoms with van der Waals surface area (Å²) in [6.45, 7) is 1.55. The lowest BCUT2D eigenvalue weighted by Crippen LogP contribution is -2.34. The van der Waals surface area contributed by atoms with E-state index in [2.05, 4.69) is 10.2 Å². The van der Waals surface area contributed by atoms with Gasteiger partial charge in [0.1, 0.15) is 5.01 Å². The van der Waals surface area contributed by atoms with E-state index >= 15 is 0 Å². The van der Waals surface area contributed by atoms with Gasteiger partial charge in [0.25, 0.3) is 0 Å². The summed E-state index contributed by atoms with van der Waals surface area (Å²) in [4.78, 5) is 0.905. The second-order valence-electron chi connectivity index (χ2n) is 6.69. The van der Waals surface area contributed by atoms with E-state index in [1.807, 2.05) is 4.52 Å². The Labute approximate surface area is 126 Å². The van der Waals surface area contributed by atoms with Crippen molar-refractivity contribution in [2.45, 2.75) is 43.6 Å². The lowest BCUT2D eigenvalue weighted by Gasteiger charge is -2.25. The van der Waals surface area contributed by atoms with E-state index < -0.39 is 0 Å². The molecule has 2 aromatic rings. The molecule has 5 rings (SSSR count). The predicted molar refractivity (Wildman–Crippen MR) is 78.4 cm³/mol. The van der Waals surface area contributed by atoms with Crippen LogP contribution < -0.4 is 5.73 Å². The van der Waals surface area contributed by atoms with Gasteiger partial charge in [0.15, 0.2) is 5.82 Å². The average molecular weight is 305 g/mol. The van der Waals surface area contributed by atoms with E-state index in [1.54, 1.807) is 11.3 Å². The Kier molecular flexibility index (Phi) is 2.66. The summed E-state index contributed by atoms with van der Waals surface area (Å²) in [7, 11) is 0. The van der Waals surface area contributed by atoms with E-state index in [0.717, 1.165) is 36.3 Å². The molecule has 0 aromatic carbocycles. The third-order valence-electron chi connectivity index (χ3n) is 5.59. The molecule has 2 aliphatic carbocycles. The summed E-state index contributed by atoms with van der Waals surface area (Å²) < 4.78 is 7.41. The third kappa shape index (κ3) is 1.74. The zero-order valence-corrected chi connectivity index (χ0v) is 12.6. The van der Waals surface area contributed by atoms with Crippen molar-refractivity contribution in [1.29, 1.82) is 0 Å². The normalized spacial score (nSPS) is 38.8. The number of fused-ring (bicyclic) bond motifs is 3. The molecule has 2 N–H and O–H groups in total. The molecule has 3 heterocycles. The Bertz CT molecular complexity index is 674. The molecule has 2 bridgehead atoms. The molecule has 5 atom stereocenters. The van der Waals surface area contributed by atoms with Crippen LogP contribution in [0.5, 0.6) is 0 Å². The van der Waals surface area contributed by atoms with Crippen LogP contribution >= 0.6 is 11.3 Å². The number of nitrogens with two attached hydrogens (primary N) is 1. The molecule has 2 saturated carbocycles.